The molecule has 1 aromatic heterocycles. The number of hydrogen-bond donors (Lipinski definition) is 1. The average Bonchev–Trinajstić information content (AvgIpc) is 2.72. The number of unbranched alkanes of at least 4 members (excludes halogenated alkanes) is 1. The summed E-state index contributed by atoms with van der Waals surface area (Å²) >= 11 is 3.47. The first-order valence-electron chi connectivity index (χ1n) is 6.98. The van der Waals surface area contributed by atoms with Crippen molar-refractivity contribution in [2.45, 2.75) is 45.6 Å². The Morgan fingerprint density at radius 2 is 2.20 bits per heavy atom. The van der Waals surface area contributed by atoms with Crippen LogP contribution in [-0.2, 0) is 17.8 Å². The zero-order valence-electron chi connectivity index (χ0n) is 11.6. The van der Waals surface area contributed by atoms with E-state index >= 15 is 0 Å². The van der Waals surface area contributed by atoms with Gasteiger partial charge in [-0.1, -0.05) is 22.9 Å². The predicted octanol–water partition coefficient (Wildman–Crippen LogP) is 4.01. The zero-order valence-corrected chi connectivity index (χ0v) is 13.2. The van der Waals surface area contributed by atoms with Crippen LogP contribution in [0.1, 0.15) is 38.4 Å². The molecule has 0 saturated carbocycles. The molecule has 0 spiro atoms. The quantitative estimate of drug-likeness (QED) is 0.776. The molecule has 0 atom stereocenters. The van der Waals surface area contributed by atoms with Crippen LogP contribution in [0.4, 0.5) is 0 Å². The smallest absolute Gasteiger partial charge is 0.303 e. The number of rotatable bonds is 7. The van der Waals surface area contributed by atoms with Crippen LogP contribution >= 0.6 is 15.9 Å². The number of nitrogens with zero attached hydrogens (tertiary/aromatic N) is 2. The highest BCUT2D eigenvalue weighted by Crippen LogP contribution is 2.22. The SMILES string of the molecule is CCCn1c(CCCCC(=O)O)nc2cc(Br)ccc21. The topological polar surface area (TPSA) is 55.1 Å². The Kier molecular flexibility index (Phi) is 5.17. The highest BCUT2D eigenvalue weighted by atomic mass is 79.9. The van der Waals surface area contributed by atoms with Crippen LogP contribution in [0.3, 0.4) is 0 Å². The van der Waals surface area contributed by atoms with Gasteiger partial charge in [-0.25, -0.2) is 4.98 Å². The highest BCUT2D eigenvalue weighted by molar-refractivity contribution is 9.10. The maximum Gasteiger partial charge on any atom is 0.303 e. The van der Waals surface area contributed by atoms with Gasteiger partial charge in [0.25, 0.3) is 0 Å². The Morgan fingerprint density at radius 3 is 2.90 bits per heavy atom. The van der Waals surface area contributed by atoms with Gasteiger partial charge in [-0.05, 0) is 37.5 Å². The van der Waals surface area contributed by atoms with E-state index in [0.29, 0.717) is 6.42 Å². The summed E-state index contributed by atoms with van der Waals surface area (Å²) in [6, 6.07) is 6.15. The minimum atomic E-state index is -0.726. The molecule has 0 aliphatic rings. The van der Waals surface area contributed by atoms with Gasteiger partial charge in [0.1, 0.15) is 5.82 Å². The normalized spacial score (nSPS) is 11.1. The Labute approximate surface area is 126 Å². The number of aliphatic carboxylic acids is 1. The first kappa shape index (κ1) is 15.0. The van der Waals surface area contributed by atoms with Crippen LogP contribution in [0.25, 0.3) is 11.0 Å². The van der Waals surface area contributed by atoms with Crippen molar-refractivity contribution >= 4 is 32.9 Å². The molecule has 0 bridgehead atoms. The van der Waals surface area contributed by atoms with E-state index in [1.807, 2.05) is 12.1 Å². The second kappa shape index (κ2) is 6.88. The number of aryl methyl sites for hydroxylation is 2. The third-order valence-corrected chi connectivity index (χ3v) is 3.77. The van der Waals surface area contributed by atoms with E-state index < -0.39 is 5.97 Å². The molecule has 5 heteroatoms. The van der Waals surface area contributed by atoms with Gasteiger partial charge in [-0.2, -0.15) is 0 Å². The van der Waals surface area contributed by atoms with Gasteiger partial charge in [0.05, 0.1) is 11.0 Å². The molecule has 20 heavy (non-hydrogen) atoms. The van der Waals surface area contributed by atoms with Gasteiger partial charge in [0, 0.05) is 23.9 Å². The second-order valence-corrected chi connectivity index (χ2v) is 5.83. The fraction of sp³-hybridized carbons (Fsp3) is 0.467. The largest absolute Gasteiger partial charge is 0.481 e. The molecule has 1 aromatic carbocycles. The van der Waals surface area contributed by atoms with E-state index in [0.717, 1.165) is 47.1 Å². The first-order valence-corrected chi connectivity index (χ1v) is 7.77. The van der Waals surface area contributed by atoms with Crippen molar-refractivity contribution in [3.05, 3.63) is 28.5 Å². The molecule has 4 nitrogen and oxygen atoms in total. The Morgan fingerprint density at radius 1 is 1.40 bits per heavy atom. The molecule has 0 fully saturated rings. The molecule has 1 heterocycles. The Balaban J connectivity index is 2.18. The monoisotopic (exact) mass is 338 g/mol. The maximum atomic E-state index is 10.5. The van der Waals surface area contributed by atoms with E-state index in [9.17, 15) is 4.79 Å². The fourth-order valence-corrected chi connectivity index (χ4v) is 2.73. The summed E-state index contributed by atoms with van der Waals surface area (Å²) in [5, 5.41) is 8.67. The van der Waals surface area contributed by atoms with Crippen LogP contribution in [0, 0.1) is 0 Å². The van der Waals surface area contributed by atoms with Crippen LogP contribution in [0.2, 0.25) is 0 Å². The lowest BCUT2D eigenvalue weighted by Crippen LogP contribution is -2.04. The van der Waals surface area contributed by atoms with Crippen LogP contribution < -0.4 is 0 Å². The summed E-state index contributed by atoms with van der Waals surface area (Å²) in [5.74, 6) is 0.335. The van der Waals surface area contributed by atoms with Gasteiger partial charge >= 0.3 is 5.97 Å². The summed E-state index contributed by atoms with van der Waals surface area (Å²) in [5.41, 5.74) is 2.16. The lowest BCUT2D eigenvalue weighted by atomic mass is 10.2. The number of imidazole rings is 1. The van der Waals surface area contributed by atoms with Crippen LogP contribution in [0.5, 0.6) is 0 Å². The zero-order chi connectivity index (χ0) is 14.5. The predicted molar refractivity (Wildman–Crippen MR) is 82.9 cm³/mol. The van der Waals surface area contributed by atoms with E-state index in [-0.39, 0.29) is 6.42 Å². The lowest BCUT2D eigenvalue weighted by Gasteiger charge is -2.07. The molecule has 2 aromatic rings. The standard InChI is InChI=1S/C15H19BrN2O2/c1-2-9-18-13-8-7-11(16)10-12(13)17-14(18)5-3-4-6-15(19)20/h7-8,10H,2-6,9H2,1H3,(H,19,20). The average molecular weight is 339 g/mol. The molecule has 0 unspecified atom stereocenters. The molecular weight excluding hydrogens is 320 g/mol. The fourth-order valence-electron chi connectivity index (χ4n) is 2.38. The maximum absolute atomic E-state index is 10.5. The van der Waals surface area contributed by atoms with Crippen molar-refractivity contribution in [2.24, 2.45) is 0 Å². The third kappa shape index (κ3) is 3.60. The molecular formula is C15H19BrN2O2. The molecule has 0 aliphatic heterocycles. The van der Waals surface area contributed by atoms with E-state index in [1.54, 1.807) is 0 Å². The number of carbonyl (C=O) groups is 1. The van der Waals surface area contributed by atoms with Gasteiger partial charge < -0.3 is 9.67 Å². The highest BCUT2D eigenvalue weighted by Gasteiger charge is 2.10. The summed E-state index contributed by atoms with van der Waals surface area (Å²) in [6.45, 7) is 3.10. The lowest BCUT2D eigenvalue weighted by molar-refractivity contribution is -0.137. The van der Waals surface area contributed by atoms with E-state index in [1.165, 1.54) is 0 Å². The summed E-state index contributed by atoms with van der Waals surface area (Å²) in [6.07, 6.45) is 3.69. The van der Waals surface area contributed by atoms with Gasteiger partial charge in [0.2, 0.25) is 0 Å². The molecule has 0 aliphatic carbocycles. The molecule has 1 N–H and O–H groups in total. The van der Waals surface area contributed by atoms with Crippen molar-refractivity contribution in [1.29, 1.82) is 0 Å². The Hall–Kier alpha value is -1.36. The van der Waals surface area contributed by atoms with Gasteiger partial charge in [-0.3, -0.25) is 4.79 Å². The van der Waals surface area contributed by atoms with Crippen LogP contribution in [-0.4, -0.2) is 20.6 Å². The number of halogens is 1. The molecule has 0 saturated heterocycles. The number of benzene rings is 1. The van der Waals surface area contributed by atoms with E-state index in [2.05, 4.69) is 33.5 Å². The first-order chi connectivity index (χ1) is 9.61. The number of hydrogen-bond acceptors (Lipinski definition) is 2. The second-order valence-electron chi connectivity index (χ2n) is 4.91. The molecule has 2 rings (SSSR count). The molecule has 108 valence electrons. The van der Waals surface area contributed by atoms with Crippen LogP contribution in [0.15, 0.2) is 22.7 Å². The number of fused-ring (bicyclic) bond motifs is 1. The number of aromatic nitrogens is 2. The summed E-state index contributed by atoms with van der Waals surface area (Å²) < 4.78 is 3.28. The Bertz CT molecular complexity index is 607. The number of carboxylic acids is 1. The van der Waals surface area contributed by atoms with Crippen molar-refractivity contribution in [1.82, 2.24) is 9.55 Å². The number of carboxylic acid groups (broad SMARTS) is 1. The van der Waals surface area contributed by atoms with Gasteiger partial charge in [-0.15, -0.1) is 0 Å². The minimum Gasteiger partial charge on any atom is -0.481 e. The van der Waals surface area contributed by atoms with Crippen molar-refractivity contribution in [3.8, 4) is 0 Å². The molecule has 0 radical (unpaired) electrons. The molecule has 0 amide bonds. The van der Waals surface area contributed by atoms with Crippen molar-refractivity contribution < 1.29 is 9.90 Å². The van der Waals surface area contributed by atoms with E-state index in [4.69, 9.17) is 10.1 Å². The van der Waals surface area contributed by atoms with Crippen molar-refractivity contribution in [2.75, 3.05) is 0 Å². The van der Waals surface area contributed by atoms with Gasteiger partial charge in [0.15, 0.2) is 0 Å². The van der Waals surface area contributed by atoms with Crippen molar-refractivity contribution in [3.63, 3.8) is 0 Å². The summed E-state index contributed by atoms with van der Waals surface area (Å²) in [4.78, 5) is 15.2. The third-order valence-electron chi connectivity index (χ3n) is 3.28. The minimum absolute atomic E-state index is 0.236. The summed E-state index contributed by atoms with van der Waals surface area (Å²) in [7, 11) is 0.